The molecule has 86 valence electrons. The molecule has 0 aromatic heterocycles. The van der Waals surface area contributed by atoms with Gasteiger partial charge in [-0.3, -0.25) is 0 Å². The Morgan fingerprint density at radius 2 is 1.79 bits per heavy atom. The van der Waals surface area contributed by atoms with E-state index in [2.05, 4.69) is 13.8 Å². The maximum Gasteiger partial charge on any atom is 0.333 e. The van der Waals surface area contributed by atoms with Gasteiger partial charge in [-0.2, -0.15) is 0 Å². The summed E-state index contributed by atoms with van der Waals surface area (Å²) in [6.45, 7) is 11.0. The lowest BCUT2D eigenvalue weighted by Crippen LogP contribution is -2.52. The molecule has 0 spiro atoms. The largest absolute Gasteiger partial charge is 0.395 e. The molecule has 0 fully saturated rings. The first-order chi connectivity index (χ1) is 6.39. The molecule has 0 radical (unpaired) electrons. The van der Waals surface area contributed by atoms with Gasteiger partial charge in [0.25, 0.3) is 0 Å². The molecule has 0 amide bonds. The van der Waals surface area contributed by atoms with Crippen LogP contribution in [0.3, 0.4) is 0 Å². The van der Waals surface area contributed by atoms with Gasteiger partial charge in [-0.25, -0.2) is 0 Å². The van der Waals surface area contributed by atoms with Crippen LogP contribution < -0.4 is 5.73 Å². The minimum Gasteiger partial charge on any atom is -0.395 e. The minimum absolute atomic E-state index is 0.486. The van der Waals surface area contributed by atoms with Crippen LogP contribution in [0.5, 0.6) is 0 Å². The third kappa shape index (κ3) is 5.10. The fourth-order valence-corrected chi connectivity index (χ4v) is 3.57. The third-order valence-corrected chi connectivity index (χ3v) is 4.09. The first-order valence-electron chi connectivity index (χ1n) is 5.52. The number of hydrogen-bond donors (Lipinski definition) is 1. The number of nitrogens with two attached hydrogens (primary N) is 1. The van der Waals surface area contributed by atoms with Gasteiger partial charge in [0, 0.05) is 6.61 Å². The molecule has 2 N–H and O–H groups in total. The summed E-state index contributed by atoms with van der Waals surface area (Å²) in [5.74, 6) is 0. The molecule has 1 unspecified atom stereocenters. The summed E-state index contributed by atoms with van der Waals surface area (Å²) in [5.41, 5.74) is 5.67. The van der Waals surface area contributed by atoms with Crippen molar-refractivity contribution >= 4 is 8.56 Å². The molecule has 14 heavy (non-hydrogen) atoms. The lowest BCUT2D eigenvalue weighted by molar-refractivity contribution is 0.0191. The Bertz CT molecular complexity index is 164. The van der Waals surface area contributed by atoms with E-state index in [9.17, 15) is 0 Å². The second-order valence-corrected chi connectivity index (χ2v) is 7.40. The van der Waals surface area contributed by atoms with E-state index in [-0.39, 0.29) is 0 Å². The van der Waals surface area contributed by atoms with Gasteiger partial charge in [-0.1, -0.05) is 20.3 Å². The highest BCUT2D eigenvalue weighted by Gasteiger charge is 2.34. The Balaban J connectivity index is 4.28. The standard InChI is InChI=1S/C10H25NO2Si/c1-6-9-10(11,7-2)13-14(4,5)12-8-3/h6-9,11H2,1-5H3. The molecule has 0 aromatic rings. The van der Waals surface area contributed by atoms with Gasteiger partial charge in [0.05, 0.1) is 0 Å². The second-order valence-electron chi connectivity index (χ2n) is 4.10. The van der Waals surface area contributed by atoms with Crippen LogP contribution in [0.1, 0.15) is 40.0 Å². The second kappa shape index (κ2) is 5.85. The molecule has 0 aromatic carbocycles. The van der Waals surface area contributed by atoms with E-state index >= 15 is 0 Å². The Labute approximate surface area is 89.2 Å². The zero-order chi connectivity index (χ0) is 11.2. The fraction of sp³-hybridized carbons (Fsp3) is 1.00. The SMILES string of the molecule is CCCC(N)(CC)O[Si](C)(C)OCC. The maximum absolute atomic E-state index is 6.16. The van der Waals surface area contributed by atoms with Crippen molar-refractivity contribution in [3.8, 4) is 0 Å². The van der Waals surface area contributed by atoms with Crippen molar-refractivity contribution < 1.29 is 8.85 Å². The molecule has 0 heterocycles. The molecule has 1 atom stereocenters. The average molecular weight is 219 g/mol. The molecule has 0 aliphatic carbocycles. The molecule has 0 aliphatic heterocycles. The molecule has 0 saturated heterocycles. The van der Waals surface area contributed by atoms with Crippen molar-refractivity contribution in [3.63, 3.8) is 0 Å². The summed E-state index contributed by atoms with van der Waals surface area (Å²) in [4.78, 5) is 0. The minimum atomic E-state index is -2.02. The van der Waals surface area contributed by atoms with Crippen LogP contribution in [-0.4, -0.2) is 20.9 Å². The zero-order valence-electron chi connectivity index (χ0n) is 10.2. The van der Waals surface area contributed by atoms with E-state index in [0.717, 1.165) is 19.3 Å². The summed E-state index contributed by atoms with van der Waals surface area (Å²) in [5, 5.41) is 0. The van der Waals surface area contributed by atoms with E-state index in [1.54, 1.807) is 0 Å². The highest BCUT2D eigenvalue weighted by molar-refractivity contribution is 6.64. The quantitative estimate of drug-likeness (QED) is 0.529. The van der Waals surface area contributed by atoms with Crippen LogP contribution in [0.4, 0.5) is 0 Å². The lowest BCUT2D eigenvalue weighted by atomic mass is 10.1. The Hall–Kier alpha value is 0.0969. The molecular weight excluding hydrogens is 194 g/mol. The molecule has 0 saturated carbocycles. The topological polar surface area (TPSA) is 44.5 Å². The highest BCUT2D eigenvalue weighted by atomic mass is 28.4. The van der Waals surface area contributed by atoms with Gasteiger partial charge in [0.2, 0.25) is 0 Å². The number of rotatable bonds is 7. The summed E-state index contributed by atoms with van der Waals surface area (Å²) < 4.78 is 11.6. The highest BCUT2D eigenvalue weighted by Crippen LogP contribution is 2.22. The van der Waals surface area contributed by atoms with Gasteiger partial charge in [0.15, 0.2) is 0 Å². The fourth-order valence-electron chi connectivity index (χ4n) is 1.59. The lowest BCUT2D eigenvalue weighted by Gasteiger charge is -2.36. The first-order valence-corrected chi connectivity index (χ1v) is 8.33. The van der Waals surface area contributed by atoms with Crippen molar-refractivity contribution in [2.75, 3.05) is 6.61 Å². The first kappa shape index (κ1) is 14.1. The molecule has 4 heteroatoms. The molecule has 0 aliphatic rings. The predicted molar refractivity (Wildman–Crippen MR) is 62.3 cm³/mol. The molecule has 0 rings (SSSR count). The van der Waals surface area contributed by atoms with Crippen LogP contribution in [0, 0.1) is 0 Å². The smallest absolute Gasteiger partial charge is 0.333 e. The van der Waals surface area contributed by atoms with Crippen LogP contribution in [0.15, 0.2) is 0 Å². The molecular formula is C10H25NO2Si. The zero-order valence-corrected chi connectivity index (χ0v) is 11.2. The van der Waals surface area contributed by atoms with E-state index in [1.165, 1.54) is 0 Å². The maximum atomic E-state index is 6.16. The van der Waals surface area contributed by atoms with Crippen molar-refractivity contribution in [1.29, 1.82) is 0 Å². The van der Waals surface area contributed by atoms with Crippen molar-refractivity contribution in [1.82, 2.24) is 0 Å². The predicted octanol–water partition coefficient (Wildman–Crippen LogP) is 2.61. The molecule has 3 nitrogen and oxygen atoms in total. The monoisotopic (exact) mass is 219 g/mol. The van der Waals surface area contributed by atoms with Crippen LogP contribution in [0.25, 0.3) is 0 Å². The number of hydrogen-bond acceptors (Lipinski definition) is 3. The Morgan fingerprint density at radius 1 is 1.21 bits per heavy atom. The Kier molecular flexibility index (Phi) is 5.89. The van der Waals surface area contributed by atoms with Crippen molar-refractivity contribution in [2.45, 2.75) is 58.9 Å². The van der Waals surface area contributed by atoms with Gasteiger partial charge in [-0.15, -0.1) is 0 Å². The van der Waals surface area contributed by atoms with Gasteiger partial charge in [-0.05, 0) is 32.9 Å². The third-order valence-electron chi connectivity index (χ3n) is 2.21. The summed E-state index contributed by atoms with van der Waals surface area (Å²) in [6, 6.07) is 0. The van der Waals surface area contributed by atoms with Gasteiger partial charge < -0.3 is 14.6 Å². The normalized spacial score (nSPS) is 16.7. The van der Waals surface area contributed by atoms with E-state index < -0.39 is 14.3 Å². The van der Waals surface area contributed by atoms with Gasteiger partial charge >= 0.3 is 8.56 Å². The molecule has 0 bridgehead atoms. The van der Waals surface area contributed by atoms with Gasteiger partial charge in [0.1, 0.15) is 5.72 Å². The van der Waals surface area contributed by atoms with Crippen LogP contribution in [0.2, 0.25) is 13.1 Å². The van der Waals surface area contributed by atoms with Crippen LogP contribution >= 0.6 is 0 Å². The van der Waals surface area contributed by atoms with E-state index in [4.69, 9.17) is 14.6 Å². The van der Waals surface area contributed by atoms with Crippen molar-refractivity contribution in [3.05, 3.63) is 0 Å². The summed E-state index contributed by atoms with van der Waals surface area (Å²) >= 11 is 0. The van der Waals surface area contributed by atoms with Crippen molar-refractivity contribution in [2.24, 2.45) is 5.73 Å². The summed E-state index contributed by atoms with van der Waals surface area (Å²) in [7, 11) is -2.02. The van der Waals surface area contributed by atoms with E-state index in [0.29, 0.717) is 6.61 Å². The average Bonchev–Trinajstić information content (AvgIpc) is 2.03. The van der Waals surface area contributed by atoms with E-state index in [1.807, 2.05) is 20.0 Å². The Morgan fingerprint density at radius 3 is 2.14 bits per heavy atom. The van der Waals surface area contributed by atoms with Crippen LogP contribution in [-0.2, 0) is 8.85 Å². The summed E-state index contributed by atoms with van der Waals surface area (Å²) in [6.07, 6.45) is 2.78.